The van der Waals surface area contributed by atoms with Crippen molar-refractivity contribution in [3.8, 4) is 0 Å². The van der Waals surface area contributed by atoms with Gasteiger partial charge in [0.05, 0.1) is 5.56 Å². The third kappa shape index (κ3) is 4.53. The SMILES string of the molecule is CNc1ccc(C(=O)N(Cc2ccccc2)C(C)C)cc1C(F)(F)F. The summed E-state index contributed by atoms with van der Waals surface area (Å²) in [5.41, 5.74) is 0.0517. The number of rotatable bonds is 5. The Balaban J connectivity index is 2.36. The van der Waals surface area contributed by atoms with E-state index < -0.39 is 17.6 Å². The lowest BCUT2D eigenvalue weighted by atomic mass is 10.1. The topological polar surface area (TPSA) is 32.3 Å². The monoisotopic (exact) mass is 350 g/mol. The van der Waals surface area contributed by atoms with Crippen molar-refractivity contribution in [3.05, 3.63) is 65.2 Å². The molecule has 0 saturated heterocycles. The first-order chi connectivity index (χ1) is 11.7. The molecular formula is C19H21F3N2O. The van der Waals surface area contributed by atoms with Crippen LogP contribution in [-0.2, 0) is 12.7 Å². The summed E-state index contributed by atoms with van der Waals surface area (Å²) >= 11 is 0. The molecule has 1 N–H and O–H groups in total. The molecule has 0 aliphatic heterocycles. The first-order valence-electron chi connectivity index (χ1n) is 7.98. The molecule has 2 aromatic carbocycles. The number of alkyl halides is 3. The molecule has 0 spiro atoms. The van der Waals surface area contributed by atoms with E-state index in [2.05, 4.69) is 5.32 Å². The van der Waals surface area contributed by atoms with Gasteiger partial charge in [0, 0.05) is 30.9 Å². The molecule has 3 nitrogen and oxygen atoms in total. The van der Waals surface area contributed by atoms with Crippen LogP contribution in [0, 0.1) is 0 Å². The summed E-state index contributed by atoms with van der Waals surface area (Å²) in [4.78, 5) is 14.4. The van der Waals surface area contributed by atoms with Gasteiger partial charge in [-0.3, -0.25) is 4.79 Å². The molecule has 2 rings (SSSR count). The van der Waals surface area contributed by atoms with E-state index in [1.165, 1.54) is 19.2 Å². The van der Waals surface area contributed by atoms with Gasteiger partial charge in [-0.05, 0) is 37.6 Å². The van der Waals surface area contributed by atoms with Gasteiger partial charge in [-0.25, -0.2) is 0 Å². The van der Waals surface area contributed by atoms with Crippen molar-refractivity contribution in [1.29, 1.82) is 0 Å². The number of benzene rings is 2. The highest BCUT2D eigenvalue weighted by Crippen LogP contribution is 2.35. The zero-order chi connectivity index (χ0) is 18.6. The molecule has 0 aromatic heterocycles. The fourth-order valence-electron chi connectivity index (χ4n) is 2.56. The third-order valence-corrected chi connectivity index (χ3v) is 3.92. The summed E-state index contributed by atoms with van der Waals surface area (Å²) in [6.07, 6.45) is -4.53. The average molecular weight is 350 g/mol. The van der Waals surface area contributed by atoms with Gasteiger partial charge in [-0.15, -0.1) is 0 Å². The number of nitrogens with zero attached hydrogens (tertiary/aromatic N) is 1. The molecule has 6 heteroatoms. The minimum atomic E-state index is -4.53. The molecule has 0 radical (unpaired) electrons. The highest BCUT2D eigenvalue weighted by molar-refractivity contribution is 5.95. The lowest BCUT2D eigenvalue weighted by molar-refractivity contribution is -0.137. The second-order valence-electron chi connectivity index (χ2n) is 6.02. The summed E-state index contributed by atoms with van der Waals surface area (Å²) in [5.74, 6) is -0.424. The average Bonchev–Trinajstić information content (AvgIpc) is 2.58. The number of anilines is 1. The minimum Gasteiger partial charge on any atom is -0.388 e. The summed E-state index contributed by atoms with van der Waals surface area (Å²) in [7, 11) is 1.42. The molecule has 134 valence electrons. The Morgan fingerprint density at radius 3 is 2.28 bits per heavy atom. The van der Waals surface area contributed by atoms with Gasteiger partial charge < -0.3 is 10.2 Å². The normalized spacial score (nSPS) is 11.5. The third-order valence-electron chi connectivity index (χ3n) is 3.92. The Morgan fingerprint density at radius 2 is 1.76 bits per heavy atom. The summed E-state index contributed by atoms with van der Waals surface area (Å²) in [6.45, 7) is 4.02. The maximum atomic E-state index is 13.2. The summed E-state index contributed by atoms with van der Waals surface area (Å²) in [6, 6.07) is 12.8. The van der Waals surface area contributed by atoms with E-state index in [9.17, 15) is 18.0 Å². The van der Waals surface area contributed by atoms with Crippen LogP contribution in [0.3, 0.4) is 0 Å². The van der Waals surface area contributed by atoms with E-state index in [0.717, 1.165) is 11.6 Å². The maximum absolute atomic E-state index is 13.2. The van der Waals surface area contributed by atoms with Crippen molar-refractivity contribution in [2.24, 2.45) is 0 Å². The number of halogens is 3. The van der Waals surface area contributed by atoms with Crippen LogP contribution in [0.2, 0.25) is 0 Å². The zero-order valence-electron chi connectivity index (χ0n) is 14.4. The number of amides is 1. The first-order valence-corrected chi connectivity index (χ1v) is 7.98. The van der Waals surface area contributed by atoms with Crippen LogP contribution < -0.4 is 5.32 Å². The largest absolute Gasteiger partial charge is 0.418 e. The molecule has 0 fully saturated rings. The van der Waals surface area contributed by atoms with E-state index in [1.807, 2.05) is 44.2 Å². The molecule has 0 heterocycles. The lowest BCUT2D eigenvalue weighted by Gasteiger charge is -2.27. The molecule has 25 heavy (non-hydrogen) atoms. The van der Waals surface area contributed by atoms with Crippen molar-refractivity contribution in [1.82, 2.24) is 4.90 Å². The maximum Gasteiger partial charge on any atom is 0.418 e. The molecule has 0 bridgehead atoms. The molecule has 0 saturated carbocycles. The number of carbonyl (C=O) groups is 1. The van der Waals surface area contributed by atoms with E-state index >= 15 is 0 Å². The minimum absolute atomic E-state index is 0.0240. The van der Waals surface area contributed by atoms with Crippen LogP contribution in [0.25, 0.3) is 0 Å². The summed E-state index contributed by atoms with van der Waals surface area (Å²) < 4.78 is 39.7. The van der Waals surface area contributed by atoms with Crippen LogP contribution in [0.5, 0.6) is 0 Å². The van der Waals surface area contributed by atoms with Crippen molar-refractivity contribution in [2.45, 2.75) is 32.6 Å². The number of hydrogen-bond acceptors (Lipinski definition) is 2. The van der Waals surface area contributed by atoms with Gasteiger partial charge in [0.1, 0.15) is 0 Å². The quantitative estimate of drug-likeness (QED) is 0.840. The predicted octanol–water partition coefficient (Wildman–Crippen LogP) is 4.80. The molecule has 0 unspecified atom stereocenters. The number of carbonyl (C=O) groups excluding carboxylic acids is 1. The Hall–Kier alpha value is -2.50. The van der Waals surface area contributed by atoms with Crippen LogP contribution >= 0.6 is 0 Å². The smallest absolute Gasteiger partial charge is 0.388 e. The van der Waals surface area contributed by atoms with E-state index in [-0.39, 0.29) is 17.3 Å². The standard InChI is InChI=1S/C19H21F3N2O/c1-13(2)24(12-14-7-5-4-6-8-14)18(25)15-9-10-17(23-3)16(11-15)19(20,21)22/h4-11,13,23H,12H2,1-3H3. The van der Waals surface area contributed by atoms with Crippen molar-refractivity contribution in [3.63, 3.8) is 0 Å². The summed E-state index contributed by atoms with van der Waals surface area (Å²) in [5, 5.41) is 2.52. The van der Waals surface area contributed by atoms with Crippen molar-refractivity contribution >= 4 is 11.6 Å². The van der Waals surface area contributed by atoms with Crippen molar-refractivity contribution in [2.75, 3.05) is 12.4 Å². The van der Waals surface area contributed by atoms with Gasteiger partial charge in [0.25, 0.3) is 5.91 Å². The van der Waals surface area contributed by atoms with E-state index in [0.29, 0.717) is 6.54 Å². The van der Waals surface area contributed by atoms with Gasteiger partial charge in [0.15, 0.2) is 0 Å². The molecule has 0 atom stereocenters. The number of hydrogen-bond donors (Lipinski definition) is 1. The Kier molecular flexibility index (Phi) is 5.72. The highest BCUT2D eigenvalue weighted by atomic mass is 19.4. The van der Waals surface area contributed by atoms with Gasteiger partial charge >= 0.3 is 6.18 Å². The van der Waals surface area contributed by atoms with Crippen LogP contribution in [-0.4, -0.2) is 23.9 Å². The second kappa shape index (κ2) is 7.59. The van der Waals surface area contributed by atoms with Crippen molar-refractivity contribution < 1.29 is 18.0 Å². The van der Waals surface area contributed by atoms with E-state index in [1.54, 1.807) is 4.90 Å². The van der Waals surface area contributed by atoms with Crippen LogP contribution in [0.1, 0.15) is 35.3 Å². The number of nitrogens with one attached hydrogen (secondary N) is 1. The predicted molar refractivity (Wildman–Crippen MR) is 92.4 cm³/mol. The van der Waals surface area contributed by atoms with Gasteiger partial charge in [-0.2, -0.15) is 13.2 Å². The Labute approximate surface area is 145 Å². The first kappa shape index (κ1) is 18.8. The molecular weight excluding hydrogens is 329 g/mol. The fraction of sp³-hybridized carbons (Fsp3) is 0.316. The van der Waals surface area contributed by atoms with Gasteiger partial charge in [-0.1, -0.05) is 30.3 Å². The lowest BCUT2D eigenvalue weighted by Crippen LogP contribution is -2.36. The fourth-order valence-corrected chi connectivity index (χ4v) is 2.56. The molecule has 1 amide bonds. The zero-order valence-corrected chi connectivity index (χ0v) is 14.4. The highest BCUT2D eigenvalue weighted by Gasteiger charge is 2.34. The van der Waals surface area contributed by atoms with Crippen LogP contribution in [0.15, 0.2) is 48.5 Å². The van der Waals surface area contributed by atoms with Crippen LogP contribution in [0.4, 0.5) is 18.9 Å². The second-order valence-corrected chi connectivity index (χ2v) is 6.02. The van der Waals surface area contributed by atoms with E-state index in [4.69, 9.17) is 0 Å². The molecule has 2 aromatic rings. The Bertz CT molecular complexity index is 727. The molecule has 0 aliphatic carbocycles. The molecule has 0 aliphatic rings. The Morgan fingerprint density at radius 1 is 1.12 bits per heavy atom. The van der Waals surface area contributed by atoms with Gasteiger partial charge in [0.2, 0.25) is 0 Å².